The van der Waals surface area contributed by atoms with Crippen LogP contribution >= 0.6 is 0 Å². The third kappa shape index (κ3) is 5.06. The number of fused-ring (bicyclic) bond motifs is 9. The Balaban J connectivity index is 1.22. The molecule has 0 radical (unpaired) electrons. The van der Waals surface area contributed by atoms with E-state index in [0.717, 1.165) is 56.0 Å². The number of para-hydroxylation sites is 2. The van der Waals surface area contributed by atoms with Gasteiger partial charge in [0.05, 0.1) is 28.4 Å². The van der Waals surface area contributed by atoms with Crippen LogP contribution in [0.5, 0.6) is 11.5 Å². The van der Waals surface area contributed by atoms with E-state index in [0.29, 0.717) is 17.8 Å². The summed E-state index contributed by atoms with van der Waals surface area (Å²) in [5.41, 5.74) is 10.6. The second kappa shape index (κ2) is 12.4. The first-order valence-electron chi connectivity index (χ1n) is 18.4. The van der Waals surface area contributed by atoms with E-state index in [2.05, 4.69) is 172 Å². The number of benzene rings is 5. The number of rotatable bonds is 7. The second-order valence-corrected chi connectivity index (χ2v) is 14.9. The first-order valence-corrected chi connectivity index (χ1v) is 18.4. The van der Waals surface area contributed by atoms with Crippen LogP contribution in [0.1, 0.15) is 76.0 Å². The minimum Gasteiger partial charge on any atom is -0.457 e. The molecule has 0 unspecified atom stereocenters. The Morgan fingerprint density at radius 3 is 1.87 bits per heavy atom. The van der Waals surface area contributed by atoms with E-state index < -0.39 is 0 Å². The largest absolute Gasteiger partial charge is 0.457 e. The van der Waals surface area contributed by atoms with E-state index in [4.69, 9.17) is 14.7 Å². The highest BCUT2D eigenvalue weighted by atomic mass is 16.5. The van der Waals surface area contributed by atoms with Crippen molar-refractivity contribution in [1.82, 2.24) is 18.9 Å². The van der Waals surface area contributed by atoms with Gasteiger partial charge in [0.15, 0.2) is 0 Å². The molecule has 0 aliphatic rings. The Kier molecular flexibility index (Phi) is 7.62. The van der Waals surface area contributed by atoms with Gasteiger partial charge < -0.3 is 4.74 Å². The zero-order valence-corrected chi connectivity index (χ0v) is 30.6. The zero-order valence-electron chi connectivity index (χ0n) is 30.6. The van der Waals surface area contributed by atoms with Gasteiger partial charge in [-0.15, -0.1) is 0 Å². The lowest BCUT2D eigenvalue weighted by atomic mass is 9.87. The lowest BCUT2D eigenvalue weighted by molar-refractivity contribution is 0.484. The maximum absolute atomic E-state index is 6.73. The van der Waals surface area contributed by atoms with E-state index >= 15 is 0 Å². The van der Waals surface area contributed by atoms with Crippen molar-refractivity contribution in [2.45, 2.75) is 59.3 Å². The van der Waals surface area contributed by atoms with Crippen LogP contribution in [0.2, 0.25) is 0 Å². The highest BCUT2D eigenvalue weighted by molar-refractivity contribution is 6.13. The topological polar surface area (TPSA) is 44.4 Å². The summed E-state index contributed by atoms with van der Waals surface area (Å²) in [6.07, 6.45) is 3.98. The van der Waals surface area contributed by atoms with Gasteiger partial charge in [-0.05, 0) is 94.4 Å². The Morgan fingerprint density at radius 1 is 0.519 bits per heavy atom. The molecule has 5 nitrogen and oxygen atoms in total. The molecule has 0 aliphatic carbocycles. The van der Waals surface area contributed by atoms with Gasteiger partial charge in [-0.3, -0.25) is 8.97 Å². The van der Waals surface area contributed by atoms with Crippen molar-refractivity contribution in [3.8, 4) is 28.6 Å². The van der Waals surface area contributed by atoms with E-state index in [1.54, 1.807) is 0 Å². The number of ether oxygens (including phenoxy) is 1. The van der Waals surface area contributed by atoms with Crippen LogP contribution < -0.4 is 4.74 Å². The van der Waals surface area contributed by atoms with Gasteiger partial charge in [0.25, 0.3) is 0 Å². The van der Waals surface area contributed by atoms with E-state index in [9.17, 15) is 0 Å². The van der Waals surface area contributed by atoms with Crippen molar-refractivity contribution in [2.24, 2.45) is 0 Å². The van der Waals surface area contributed by atoms with Gasteiger partial charge in [0.1, 0.15) is 23.0 Å². The Labute approximate surface area is 304 Å². The van der Waals surface area contributed by atoms with Crippen molar-refractivity contribution in [3.63, 3.8) is 0 Å². The van der Waals surface area contributed by atoms with Crippen molar-refractivity contribution < 1.29 is 4.74 Å². The van der Waals surface area contributed by atoms with Gasteiger partial charge in [0.2, 0.25) is 0 Å². The molecule has 9 rings (SSSR count). The molecule has 5 heteroatoms. The fourth-order valence-corrected chi connectivity index (χ4v) is 8.02. The normalized spacial score (nSPS) is 12.2. The predicted molar refractivity (Wildman–Crippen MR) is 217 cm³/mol. The smallest absolute Gasteiger partial charge is 0.145 e. The molecule has 0 amide bonds. The third-order valence-corrected chi connectivity index (χ3v) is 10.6. The molecule has 9 aromatic rings. The summed E-state index contributed by atoms with van der Waals surface area (Å²) >= 11 is 0. The zero-order chi connectivity index (χ0) is 35.7. The maximum Gasteiger partial charge on any atom is 0.145 e. The summed E-state index contributed by atoms with van der Waals surface area (Å²) in [5.74, 6) is 3.59. The molecule has 4 aromatic heterocycles. The number of aromatic nitrogens is 4. The minimum atomic E-state index is 0.372. The van der Waals surface area contributed by atoms with Gasteiger partial charge in [-0.25, -0.2) is 9.97 Å². The minimum absolute atomic E-state index is 0.372. The first kappa shape index (κ1) is 32.0. The number of hydrogen-bond donors (Lipinski definition) is 0. The van der Waals surface area contributed by atoms with Crippen molar-refractivity contribution in [2.75, 3.05) is 0 Å². The highest BCUT2D eigenvalue weighted by Gasteiger charge is 2.22. The quantitative estimate of drug-likeness (QED) is 0.158. The molecule has 0 aliphatic heterocycles. The van der Waals surface area contributed by atoms with Crippen LogP contribution in [-0.2, 0) is 0 Å². The molecule has 0 N–H and O–H groups in total. The average molecular weight is 679 g/mol. The SMILES string of the molecule is CC(C)c1ccnc(-n2c3ccccc3c3ccc(Oc4ccc5c6ccccc6n6c(-c7c(C(C)C)cccc7C(C)C)cnc6c5c4)cc32)c1. The van der Waals surface area contributed by atoms with E-state index in [1.165, 1.54) is 38.4 Å². The van der Waals surface area contributed by atoms with Crippen LogP contribution in [0, 0.1) is 0 Å². The van der Waals surface area contributed by atoms with Gasteiger partial charge >= 0.3 is 0 Å². The molecule has 0 saturated heterocycles. The number of nitrogens with zero attached hydrogens (tertiary/aromatic N) is 4. The van der Waals surface area contributed by atoms with Crippen molar-refractivity contribution in [3.05, 3.63) is 144 Å². The molecule has 0 atom stereocenters. The van der Waals surface area contributed by atoms with Crippen molar-refractivity contribution in [1.29, 1.82) is 0 Å². The molecule has 256 valence electrons. The third-order valence-electron chi connectivity index (χ3n) is 10.6. The Hall–Kier alpha value is -5.94. The number of imidazole rings is 1. The second-order valence-electron chi connectivity index (χ2n) is 14.9. The molecule has 52 heavy (non-hydrogen) atoms. The molecule has 0 saturated carbocycles. The molecule has 0 bridgehead atoms. The Morgan fingerprint density at radius 2 is 1.15 bits per heavy atom. The van der Waals surface area contributed by atoms with Crippen LogP contribution in [0.4, 0.5) is 0 Å². The first-order chi connectivity index (χ1) is 25.3. The summed E-state index contributed by atoms with van der Waals surface area (Å²) in [6.45, 7) is 13.5. The standard InChI is InChI=1S/C47H42N4O/c1-28(2)31-22-23-48-45(24-31)50-41-16-9-8-13-38(41)39-21-19-33(26-43(39)50)52-32-18-20-36-37-12-7-10-17-42(37)51-44(27-49-47(51)40(36)25-32)46-34(29(3)4)14-11-15-35(46)30(5)6/h7-30H,1-6H3. The molecule has 0 fully saturated rings. The molecule has 4 heterocycles. The summed E-state index contributed by atoms with van der Waals surface area (Å²) in [7, 11) is 0. The van der Waals surface area contributed by atoms with Gasteiger partial charge in [-0.1, -0.05) is 96.1 Å². The summed E-state index contributed by atoms with van der Waals surface area (Å²) < 4.78 is 11.3. The fourth-order valence-electron chi connectivity index (χ4n) is 8.02. The maximum atomic E-state index is 6.73. The van der Waals surface area contributed by atoms with Crippen LogP contribution in [0.25, 0.3) is 66.2 Å². The number of hydrogen-bond acceptors (Lipinski definition) is 3. The van der Waals surface area contributed by atoms with Crippen LogP contribution in [0.3, 0.4) is 0 Å². The van der Waals surface area contributed by atoms with E-state index in [-0.39, 0.29) is 0 Å². The summed E-state index contributed by atoms with van der Waals surface area (Å²) in [5, 5.41) is 5.75. The van der Waals surface area contributed by atoms with Gasteiger partial charge in [-0.2, -0.15) is 0 Å². The average Bonchev–Trinajstić information content (AvgIpc) is 3.74. The fraction of sp³-hybridized carbons (Fsp3) is 0.191. The highest BCUT2D eigenvalue weighted by Crippen LogP contribution is 2.41. The lowest BCUT2D eigenvalue weighted by Crippen LogP contribution is -2.02. The Bertz CT molecular complexity index is 2790. The van der Waals surface area contributed by atoms with Crippen LogP contribution in [-0.4, -0.2) is 18.9 Å². The molecule has 5 aromatic carbocycles. The summed E-state index contributed by atoms with van der Waals surface area (Å²) in [4.78, 5) is 9.98. The predicted octanol–water partition coefficient (Wildman–Crippen LogP) is 13.0. The molecule has 0 spiro atoms. The van der Waals surface area contributed by atoms with E-state index in [1.807, 2.05) is 6.20 Å². The van der Waals surface area contributed by atoms with Crippen molar-refractivity contribution >= 4 is 49.1 Å². The van der Waals surface area contributed by atoms with Crippen LogP contribution in [0.15, 0.2) is 128 Å². The number of pyridine rings is 2. The molecular formula is C47H42N4O. The van der Waals surface area contributed by atoms with Gasteiger partial charge in [0, 0.05) is 39.4 Å². The lowest BCUT2D eigenvalue weighted by Gasteiger charge is -2.20. The monoisotopic (exact) mass is 678 g/mol. The summed E-state index contributed by atoms with van der Waals surface area (Å²) in [6, 6.07) is 41.0. The molecular weight excluding hydrogens is 637 g/mol.